The highest BCUT2D eigenvalue weighted by molar-refractivity contribution is 6.29. The number of aromatic nitrogens is 2. The van der Waals surface area contributed by atoms with Gasteiger partial charge in [-0.1, -0.05) is 123 Å². The molecule has 47 heavy (non-hydrogen) atoms. The molecule has 0 saturated heterocycles. The van der Waals surface area contributed by atoms with Crippen molar-refractivity contribution in [2.24, 2.45) is 0 Å². The smallest absolute Gasteiger partial charge is 0.131 e. The van der Waals surface area contributed by atoms with Crippen molar-refractivity contribution in [1.29, 1.82) is 0 Å². The molecule has 0 spiro atoms. The maximum absolute atomic E-state index is 14.6. The molecule has 0 atom stereocenters. The van der Waals surface area contributed by atoms with Crippen molar-refractivity contribution in [2.75, 3.05) is 0 Å². The van der Waals surface area contributed by atoms with E-state index in [0.717, 1.165) is 52.6 Å². The SMILES string of the molecule is CCCCc1ccc(-c2ccc(-c3ccc(Cl)nc3)cc2F)cc1.CCCc1ccc(-c2ccc(-c3ccc(Cl)nc3)cc2F)cc1. The van der Waals surface area contributed by atoms with Crippen LogP contribution in [0.3, 0.4) is 0 Å². The molecule has 0 fully saturated rings. The molecule has 6 rings (SSSR count). The average Bonchev–Trinajstić information content (AvgIpc) is 3.09. The van der Waals surface area contributed by atoms with E-state index in [1.54, 1.807) is 36.7 Å². The van der Waals surface area contributed by atoms with Crippen LogP contribution in [-0.2, 0) is 12.8 Å². The van der Waals surface area contributed by atoms with Gasteiger partial charge in [-0.05, 0) is 89.0 Å². The summed E-state index contributed by atoms with van der Waals surface area (Å²) in [7, 11) is 0. The molecule has 2 aromatic heterocycles. The number of unbranched alkanes of at least 4 members (excludes halogenated alkanes) is 1. The number of rotatable bonds is 9. The molecule has 0 N–H and O–H groups in total. The van der Waals surface area contributed by atoms with Gasteiger partial charge in [-0.15, -0.1) is 0 Å². The van der Waals surface area contributed by atoms with Gasteiger partial charge in [0, 0.05) is 34.6 Å². The largest absolute Gasteiger partial charge is 0.244 e. The van der Waals surface area contributed by atoms with Gasteiger partial charge in [0.15, 0.2) is 0 Å². The Kier molecular flexibility index (Phi) is 11.9. The van der Waals surface area contributed by atoms with E-state index in [0.29, 0.717) is 21.4 Å². The zero-order chi connectivity index (χ0) is 33.2. The fourth-order valence-corrected chi connectivity index (χ4v) is 5.55. The minimum absolute atomic E-state index is 0.233. The summed E-state index contributed by atoms with van der Waals surface area (Å²) in [5, 5.41) is 0.858. The van der Waals surface area contributed by atoms with Gasteiger partial charge >= 0.3 is 0 Å². The number of benzene rings is 4. The third-order valence-corrected chi connectivity index (χ3v) is 8.39. The molecular formula is C41H36Cl2F2N2. The minimum Gasteiger partial charge on any atom is -0.244 e. The van der Waals surface area contributed by atoms with Crippen molar-refractivity contribution < 1.29 is 8.78 Å². The maximum atomic E-state index is 14.6. The molecule has 6 aromatic rings. The van der Waals surface area contributed by atoms with Crippen LogP contribution in [0.5, 0.6) is 0 Å². The highest BCUT2D eigenvalue weighted by Crippen LogP contribution is 2.30. The van der Waals surface area contributed by atoms with Crippen molar-refractivity contribution in [3.63, 3.8) is 0 Å². The van der Waals surface area contributed by atoms with Crippen molar-refractivity contribution in [1.82, 2.24) is 9.97 Å². The van der Waals surface area contributed by atoms with Crippen molar-refractivity contribution >= 4 is 23.2 Å². The molecule has 0 radical (unpaired) electrons. The van der Waals surface area contributed by atoms with Gasteiger partial charge in [0.1, 0.15) is 21.9 Å². The predicted molar refractivity (Wildman–Crippen MR) is 193 cm³/mol. The molecule has 0 saturated carbocycles. The van der Waals surface area contributed by atoms with Crippen LogP contribution in [0.15, 0.2) is 122 Å². The van der Waals surface area contributed by atoms with E-state index in [4.69, 9.17) is 23.2 Å². The molecule has 6 heteroatoms. The van der Waals surface area contributed by atoms with Crippen molar-refractivity contribution in [3.8, 4) is 44.5 Å². The predicted octanol–water partition coefficient (Wildman–Crippen LogP) is 12.7. The zero-order valence-corrected chi connectivity index (χ0v) is 28.0. The Morgan fingerprint density at radius 2 is 0.872 bits per heavy atom. The first-order chi connectivity index (χ1) is 22.8. The van der Waals surface area contributed by atoms with Gasteiger partial charge in [-0.25, -0.2) is 18.7 Å². The third-order valence-electron chi connectivity index (χ3n) is 7.95. The first-order valence-electron chi connectivity index (χ1n) is 15.9. The molecule has 2 heterocycles. The van der Waals surface area contributed by atoms with Gasteiger partial charge in [0.05, 0.1) is 0 Å². The lowest BCUT2D eigenvalue weighted by atomic mass is 9.98. The molecule has 0 unspecified atom stereocenters. The van der Waals surface area contributed by atoms with E-state index in [1.807, 2.05) is 60.7 Å². The van der Waals surface area contributed by atoms with Crippen LogP contribution in [0.4, 0.5) is 8.78 Å². The summed E-state index contributed by atoms with van der Waals surface area (Å²) >= 11 is 11.6. The molecule has 2 nitrogen and oxygen atoms in total. The second-order valence-corrected chi connectivity index (χ2v) is 12.2. The zero-order valence-electron chi connectivity index (χ0n) is 26.5. The number of halogens is 4. The lowest BCUT2D eigenvalue weighted by molar-refractivity contribution is 0.631. The van der Waals surface area contributed by atoms with E-state index in [-0.39, 0.29) is 11.6 Å². The van der Waals surface area contributed by atoms with Crippen LogP contribution in [0.1, 0.15) is 44.2 Å². The normalized spacial score (nSPS) is 10.8. The van der Waals surface area contributed by atoms with Gasteiger partial charge in [0.25, 0.3) is 0 Å². The lowest BCUT2D eigenvalue weighted by Crippen LogP contribution is -1.89. The number of pyridine rings is 2. The fraction of sp³-hybridized carbons (Fsp3) is 0.171. The van der Waals surface area contributed by atoms with E-state index < -0.39 is 0 Å². The van der Waals surface area contributed by atoms with Crippen molar-refractivity contribution in [3.05, 3.63) is 155 Å². The lowest BCUT2D eigenvalue weighted by Gasteiger charge is -2.08. The number of hydrogen-bond donors (Lipinski definition) is 0. The first kappa shape index (κ1) is 34.0. The molecule has 0 aliphatic rings. The monoisotopic (exact) mass is 664 g/mol. The first-order valence-corrected chi connectivity index (χ1v) is 16.6. The number of hydrogen-bond acceptors (Lipinski definition) is 2. The van der Waals surface area contributed by atoms with Gasteiger partial charge in [-0.2, -0.15) is 0 Å². The maximum Gasteiger partial charge on any atom is 0.131 e. The Bertz CT molecular complexity index is 1890. The van der Waals surface area contributed by atoms with Crippen LogP contribution in [-0.4, -0.2) is 9.97 Å². The number of nitrogens with zero attached hydrogens (tertiary/aromatic N) is 2. The molecular weight excluding hydrogens is 629 g/mol. The molecule has 4 aromatic carbocycles. The van der Waals surface area contributed by atoms with Crippen molar-refractivity contribution in [2.45, 2.75) is 46.0 Å². The summed E-state index contributed by atoms with van der Waals surface area (Å²) in [6, 6.07) is 33.9. The van der Waals surface area contributed by atoms with Gasteiger partial charge in [-0.3, -0.25) is 0 Å². The van der Waals surface area contributed by atoms with E-state index >= 15 is 0 Å². The molecule has 0 aliphatic carbocycles. The van der Waals surface area contributed by atoms with E-state index in [9.17, 15) is 8.78 Å². The van der Waals surface area contributed by atoms with E-state index in [1.165, 1.54) is 24.0 Å². The summed E-state index contributed by atoms with van der Waals surface area (Å²) in [5.41, 5.74) is 8.86. The molecule has 238 valence electrons. The standard InChI is InChI=1S/C21H19ClFN.C20H17ClFN/c1-2-3-4-15-5-7-16(8-6-15)19-11-9-17(13-20(19)23)18-10-12-21(22)24-14-18;1-2-3-14-4-6-15(7-5-14)18-10-8-16(12-19(18)22)17-9-11-20(21)23-13-17/h5-14H,2-4H2,1H3;4-13H,2-3H2,1H3. The summed E-state index contributed by atoms with van der Waals surface area (Å²) < 4.78 is 29.1. The summed E-state index contributed by atoms with van der Waals surface area (Å²) in [6.45, 7) is 4.33. The Hall–Kier alpha value is -4.38. The highest BCUT2D eigenvalue weighted by atomic mass is 35.5. The highest BCUT2D eigenvalue weighted by Gasteiger charge is 2.10. The average molecular weight is 666 g/mol. The van der Waals surface area contributed by atoms with Crippen LogP contribution >= 0.6 is 23.2 Å². The topological polar surface area (TPSA) is 25.8 Å². The Morgan fingerprint density at radius 3 is 1.23 bits per heavy atom. The minimum atomic E-state index is -0.235. The second kappa shape index (κ2) is 16.4. The summed E-state index contributed by atoms with van der Waals surface area (Å²) in [4.78, 5) is 8.08. The number of aryl methyl sites for hydroxylation is 2. The van der Waals surface area contributed by atoms with Crippen LogP contribution < -0.4 is 0 Å². The molecule has 0 bridgehead atoms. The Labute approximate surface area is 286 Å². The third kappa shape index (κ3) is 9.12. The van der Waals surface area contributed by atoms with Gasteiger partial charge in [0.2, 0.25) is 0 Å². The quantitative estimate of drug-likeness (QED) is 0.144. The second-order valence-electron chi connectivity index (χ2n) is 11.4. The fourth-order valence-electron chi connectivity index (χ4n) is 5.32. The summed E-state index contributed by atoms with van der Waals surface area (Å²) in [6.07, 6.45) is 8.88. The van der Waals surface area contributed by atoms with E-state index in [2.05, 4.69) is 48.1 Å². The molecule has 0 amide bonds. The van der Waals surface area contributed by atoms with Crippen LogP contribution in [0.25, 0.3) is 44.5 Å². The van der Waals surface area contributed by atoms with Crippen LogP contribution in [0, 0.1) is 11.6 Å². The summed E-state index contributed by atoms with van der Waals surface area (Å²) in [5.74, 6) is -0.468. The molecule has 0 aliphatic heterocycles. The van der Waals surface area contributed by atoms with Gasteiger partial charge < -0.3 is 0 Å². The Morgan fingerprint density at radius 1 is 0.468 bits per heavy atom. The Balaban J connectivity index is 0.000000185. The van der Waals surface area contributed by atoms with Crippen LogP contribution in [0.2, 0.25) is 10.3 Å².